The molecule has 0 radical (unpaired) electrons. The van der Waals surface area contributed by atoms with Crippen molar-refractivity contribution < 1.29 is 4.79 Å². The largest absolute Gasteiger partial charge is 0.326 e. The third-order valence-electron chi connectivity index (χ3n) is 2.69. The number of anilines is 1. The Kier molecular flexibility index (Phi) is 3.00. The summed E-state index contributed by atoms with van der Waals surface area (Å²) in [7, 11) is 0. The number of nitrogens with one attached hydrogen (secondary N) is 2. The third kappa shape index (κ3) is 2.63. The minimum Gasteiger partial charge on any atom is -0.326 e. The second kappa shape index (κ2) is 4.81. The summed E-state index contributed by atoms with van der Waals surface area (Å²) in [6.45, 7) is 1.97. The van der Waals surface area contributed by atoms with E-state index in [2.05, 4.69) is 20.5 Å². The van der Waals surface area contributed by atoms with Gasteiger partial charge >= 0.3 is 0 Å². The first kappa shape index (κ1) is 11.9. The van der Waals surface area contributed by atoms with Gasteiger partial charge < -0.3 is 5.32 Å². The average molecular weight is 272 g/mol. The van der Waals surface area contributed by atoms with Crippen LogP contribution < -0.4 is 5.32 Å². The molecule has 0 saturated heterocycles. The van der Waals surface area contributed by atoms with Crippen LogP contribution in [0, 0.1) is 6.92 Å². The molecule has 0 aliphatic rings. The molecule has 0 aliphatic heterocycles. The molecule has 3 rings (SSSR count). The van der Waals surface area contributed by atoms with Gasteiger partial charge in [-0.2, -0.15) is 5.10 Å². The fourth-order valence-corrected chi connectivity index (χ4v) is 2.75. The number of carbonyl (C=O) groups excluding carboxylic acids is 1. The van der Waals surface area contributed by atoms with Crippen LogP contribution >= 0.6 is 11.3 Å². The highest BCUT2D eigenvalue weighted by molar-refractivity contribution is 7.18. The first-order chi connectivity index (χ1) is 9.20. The summed E-state index contributed by atoms with van der Waals surface area (Å²) in [5.41, 5.74) is 2.56. The van der Waals surface area contributed by atoms with E-state index in [4.69, 9.17) is 0 Å². The smallest absolute Gasteiger partial charge is 0.230 e. The number of rotatable bonds is 3. The molecule has 0 spiro atoms. The van der Waals surface area contributed by atoms with E-state index < -0.39 is 0 Å². The van der Waals surface area contributed by atoms with E-state index in [1.165, 1.54) is 0 Å². The number of carbonyl (C=O) groups is 1. The SMILES string of the molecule is Cc1nc2ccc(NC(=O)Cc3ccn[nH]3)cc2s1. The summed E-state index contributed by atoms with van der Waals surface area (Å²) < 4.78 is 1.08. The Morgan fingerprint density at radius 3 is 3.11 bits per heavy atom. The van der Waals surface area contributed by atoms with Crippen LogP contribution in [0.4, 0.5) is 5.69 Å². The van der Waals surface area contributed by atoms with E-state index in [0.29, 0.717) is 6.42 Å². The summed E-state index contributed by atoms with van der Waals surface area (Å²) in [6, 6.07) is 7.52. The lowest BCUT2D eigenvalue weighted by Crippen LogP contribution is -2.14. The highest BCUT2D eigenvalue weighted by Gasteiger charge is 2.07. The Morgan fingerprint density at radius 1 is 1.42 bits per heavy atom. The highest BCUT2D eigenvalue weighted by Crippen LogP contribution is 2.24. The van der Waals surface area contributed by atoms with E-state index in [1.807, 2.05) is 25.1 Å². The van der Waals surface area contributed by atoms with Gasteiger partial charge in [0, 0.05) is 17.6 Å². The van der Waals surface area contributed by atoms with Gasteiger partial charge in [-0.1, -0.05) is 0 Å². The van der Waals surface area contributed by atoms with Crippen molar-refractivity contribution in [2.45, 2.75) is 13.3 Å². The van der Waals surface area contributed by atoms with Gasteiger partial charge in [0.1, 0.15) is 0 Å². The average Bonchev–Trinajstić information content (AvgIpc) is 2.96. The summed E-state index contributed by atoms with van der Waals surface area (Å²) in [4.78, 5) is 16.2. The number of nitrogens with zero attached hydrogens (tertiary/aromatic N) is 2. The maximum absolute atomic E-state index is 11.8. The molecule has 1 amide bonds. The van der Waals surface area contributed by atoms with Gasteiger partial charge in [0.2, 0.25) is 5.91 Å². The standard InChI is InChI=1S/C13H12N4OS/c1-8-15-11-3-2-9(6-12(11)19-8)16-13(18)7-10-4-5-14-17-10/h2-6H,7H2,1H3,(H,14,17)(H,16,18). The van der Waals surface area contributed by atoms with Gasteiger partial charge in [0.05, 0.1) is 21.6 Å². The summed E-state index contributed by atoms with van der Waals surface area (Å²) in [5.74, 6) is -0.0650. The van der Waals surface area contributed by atoms with Crippen LogP contribution in [-0.4, -0.2) is 21.1 Å². The van der Waals surface area contributed by atoms with Crippen molar-refractivity contribution in [3.8, 4) is 0 Å². The zero-order valence-corrected chi connectivity index (χ0v) is 11.1. The molecule has 5 nitrogen and oxygen atoms in total. The van der Waals surface area contributed by atoms with Gasteiger partial charge in [-0.15, -0.1) is 11.3 Å². The molecule has 1 aromatic carbocycles. The molecule has 2 aromatic heterocycles. The number of H-pyrrole nitrogens is 1. The van der Waals surface area contributed by atoms with Gasteiger partial charge in [0.25, 0.3) is 0 Å². The number of benzene rings is 1. The molecule has 0 saturated carbocycles. The summed E-state index contributed by atoms with van der Waals surface area (Å²) >= 11 is 1.62. The molecule has 96 valence electrons. The number of aromatic amines is 1. The van der Waals surface area contributed by atoms with Crippen LogP contribution in [0.2, 0.25) is 0 Å². The maximum Gasteiger partial charge on any atom is 0.230 e. The topological polar surface area (TPSA) is 70.7 Å². The predicted molar refractivity (Wildman–Crippen MR) is 75.3 cm³/mol. The number of hydrogen-bond acceptors (Lipinski definition) is 4. The minimum absolute atomic E-state index is 0.0650. The fourth-order valence-electron chi connectivity index (χ4n) is 1.88. The summed E-state index contributed by atoms with van der Waals surface area (Å²) in [5, 5.41) is 10.5. The number of hydrogen-bond donors (Lipinski definition) is 2. The maximum atomic E-state index is 11.8. The lowest BCUT2D eigenvalue weighted by Gasteiger charge is -2.03. The molecular weight excluding hydrogens is 260 g/mol. The van der Waals surface area contributed by atoms with Gasteiger partial charge in [0.15, 0.2) is 0 Å². The first-order valence-corrected chi connectivity index (χ1v) is 6.68. The van der Waals surface area contributed by atoms with Gasteiger partial charge in [-0.05, 0) is 31.2 Å². The zero-order valence-electron chi connectivity index (χ0n) is 10.3. The molecule has 3 aromatic rings. The highest BCUT2D eigenvalue weighted by atomic mass is 32.1. The van der Waals surface area contributed by atoms with Crippen molar-refractivity contribution in [2.75, 3.05) is 5.32 Å². The molecule has 0 atom stereocenters. The van der Waals surface area contributed by atoms with E-state index in [-0.39, 0.29) is 5.91 Å². The van der Waals surface area contributed by atoms with Crippen molar-refractivity contribution >= 4 is 33.1 Å². The molecular formula is C13H12N4OS. The van der Waals surface area contributed by atoms with E-state index >= 15 is 0 Å². The molecule has 2 heterocycles. The van der Waals surface area contributed by atoms with Gasteiger partial charge in [-0.3, -0.25) is 9.89 Å². The molecule has 0 bridgehead atoms. The van der Waals surface area contributed by atoms with E-state index in [9.17, 15) is 4.79 Å². The Balaban J connectivity index is 1.75. The van der Waals surface area contributed by atoms with Crippen molar-refractivity contribution in [2.24, 2.45) is 0 Å². The van der Waals surface area contributed by atoms with E-state index in [1.54, 1.807) is 23.6 Å². The molecule has 2 N–H and O–H groups in total. The van der Waals surface area contributed by atoms with Crippen LogP contribution in [0.15, 0.2) is 30.5 Å². The normalized spacial score (nSPS) is 10.8. The molecule has 19 heavy (non-hydrogen) atoms. The summed E-state index contributed by atoms with van der Waals surface area (Å²) in [6.07, 6.45) is 1.93. The monoisotopic (exact) mass is 272 g/mol. The number of amides is 1. The third-order valence-corrected chi connectivity index (χ3v) is 3.62. The Morgan fingerprint density at radius 2 is 2.32 bits per heavy atom. The van der Waals surface area contributed by atoms with Crippen molar-refractivity contribution in [1.29, 1.82) is 0 Å². The van der Waals surface area contributed by atoms with Crippen molar-refractivity contribution in [3.63, 3.8) is 0 Å². The first-order valence-electron chi connectivity index (χ1n) is 5.86. The van der Waals surface area contributed by atoms with Crippen LogP contribution in [0.3, 0.4) is 0 Å². The minimum atomic E-state index is -0.0650. The predicted octanol–water partition coefficient (Wildman–Crippen LogP) is 2.51. The Hall–Kier alpha value is -2.21. The molecule has 0 aliphatic carbocycles. The number of aromatic nitrogens is 3. The van der Waals surface area contributed by atoms with Crippen LogP contribution in [0.1, 0.15) is 10.7 Å². The zero-order chi connectivity index (χ0) is 13.2. The molecule has 0 fully saturated rings. The quantitative estimate of drug-likeness (QED) is 0.769. The second-order valence-electron chi connectivity index (χ2n) is 4.22. The number of aryl methyl sites for hydroxylation is 1. The van der Waals surface area contributed by atoms with Gasteiger partial charge in [-0.25, -0.2) is 4.98 Å². The van der Waals surface area contributed by atoms with Crippen LogP contribution in [0.25, 0.3) is 10.2 Å². The van der Waals surface area contributed by atoms with Crippen molar-refractivity contribution in [1.82, 2.24) is 15.2 Å². The Bertz CT molecular complexity index is 717. The van der Waals surface area contributed by atoms with E-state index in [0.717, 1.165) is 26.6 Å². The second-order valence-corrected chi connectivity index (χ2v) is 5.46. The number of thiazole rings is 1. The number of fused-ring (bicyclic) bond motifs is 1. The van der Waals surface area contributed by atoms with Crippen molar-refractivity contribution in [3.05, 3.63) is 41.2 Å². The molecule has 6 heteroatoms. The lowest BCUT2D eigenvalue weighted by atomic mass is 10.2. The lowest BCUT2D eigenvalue weighted by molar-refractivity contribution is -0.115. The fraction of sp³-hybridized carbons (Fsp3) is 0.154. The Labute approximate surface area is 113 Å². The van der Waals surface area contributed by atoms with Crippen LogP contribution in [0.5, 0.6) is 0 Å². The van der Waals surface area contributed by atoms with Crippen LogP contribution in [-0.2, 0) is 11.2 Å². The molecule has 0 unspecified atom stereocenters.